The molecule has 0 aliphatic rings. The molecule has 0 spiro atoms. The average Bonchev–Trinajstić information content (AvgIpc) is 2.35. The Morgan fingerprint density at radius 3 is 1.11 bits per heavy atom. The summed E-state index contributed by atoms with van der Waals surface area (Å²) in [6.45, 7) is 2.14. The van der Waals surface area contributed by atoms with Crippen molar-refractivity contribution in [1.82, 2.24) is 0 Å². The fourth-order valence-electron chi connectivity index (χ4n) is 2.29. The van der Waals surface area contributed by atoms with E-state index in [4.69, 9.17) is 0 Å². The topological polar surface area (TPSA) is 0 Å². The van der Waals surface area contributed by atoms with Gasteiger partial charge in [0.25, 0.3) is 0 Å². The molecule has 0 atom stereocenters. The van der Waals surface area contributed by atoms with Crippen LogP contribution in [0.1, 0.15) is 98.2 Å². The Balaban J connectivity index is -0.00000128. The molecule has 18 heavy (non-hydrogen) atoms. The van der Waals surface area contributed by atoms with E-state index in [0.29, 0.717) is 0 Å². The second-order valence-corrected chi connectivity index (χ2v) is 5.29. The van der Waals surface area contributed by atoms with Crippen molar-refractivity contribution < 1.29 is 24.7 Å². The average molecular weight is 252 g/mol. The van der Waals surface area contributed by atoms with Gasteiger partial charge >= 0.3 is 18.9 Å². The predicted molar refractivity (Wildman–Crippen MR) is 77.4 cm³/mol. The summed E-state index contributed by atoms with van der Waals surface area (Å²) in [7, 11) is 0. The van der Waals surface area contributed by atoms with Crippen LogP contribution in [0.25, 0.3) is 0 Å². The third kappa shape index (κ3) is 18.9. The van der Waals surface area contributed by atoms with Crippen LogP contribution in [0, 0.1) is 0 Å². The zero-order valence-electron chi connectivity index (χ0n) is 14.0. The van der Waals surface area contributed by atoms with Gasteiger partial charge in [0.2, 0.25) is 0 Å². The molecule has 0 fully saturated rings. The van der Waals surface area contributed by atoms with Gasteiger partial charge in [-0.05, 0) is 6.42 Å². The molecule has 0 aliphatic carbocycles. The van der Waals surface area contributed by atoms with Crippen molar-refractivity contribution in [2.24, 2.45) is 0 Å². The minimum atomic E-state index is -0.127. The summed E-state index contributed by atoms with van der Waals surface area (Å²) < 4.78 is 11.8. The first-order chi connectivity index (χ1) is 8.41. The normalized spacial score (nSPS) is 10.3. The summed E-state index contributed by atoms with van der Waals surface area (Å²) in [5, 5.41) is 0. The van der Waals surface area contributed by atoms with Crippen LogP contribution in [0.3, 0.4) is 0 Å². The van der Waals surface area contributed by atoms with Crippen LogP contribution in [-0.4, -0.2) is 6.67 Å². The summed E-state index contributed by atoms with van der Waals surface area (Å²) in [5.41, 5.74) is 0. The van der Waals surface area contributed by atoms with Crippen molar-refractivity contribution in [1.29, 1.82) is 0 Å². The van der Waals surface area contributed by atoms with Gasteiger partial charge in [0.15, 0.2) is 0 Å². The summed E-state index contributed by atoms with van der Waals surface area (Å²) in [4.78, 5) is 0. The zero-order chi connectivity index (χ0) is 12.6. The fraction of sp³-hybridized carbons (Fsp3) is 1.00. The number of hydrogen-bond donors (Lipinski definition) is 0. The van der Waals surface area contributed by atoms with Crippen molar-refractivity contribution in [3.05, 3.63) is 0 Å². The van der Waals surface area contributed by atoms with Crippen LogP contribution in [0.5, 0.6) is 0 Å². The first-order valence-electron chi connectivity index (χ1n) is 7.97. The molecular weight excluding hydrogens is 218 g/mol. The molecule has 0 amide bonds. The van der Waals surface area contributed by atoms with E-state index in [1.165, 1.54) is 77.0 Å². The van der Waals surface area contributed by atoms with E-state index in [1.54, 1.807) is 0 Å². The number of rotatable bonds is 14. The minimum absolute atomic E-state index is 0. The maximum atomic E-state index is 11.8. The molecule has 0 aliphatic heterocycles. The molecule has 0 aromatic carbocycles. The zero-order valence-corrected chi connectivity index (χ0v) is 13.0. The first-order valence-corrected chi connectivity index (χ1v) is 7.97. The summed E-state index contributed by atoms with van der Waals surface area (Å²) in [6.07, 6.45) is 18.5. The smallest absolute Gasteiger partial charge is 1.00 e. The van der Waals surface area contributed by atoms with Crippen LogP contribution in [-0.2, 0) is 0 Å². The summed E-state index contributed by atoms with van der Waals surface area (Å²) in [6, 6.07) is 0. The fourth-order valence-corrected chi connectivity index (χ4v) is 2.29. The molecule has 0 aromatic heterocycles. The largest absolute Gasteiger partial charge is 1.00 e. The number of hydrogen-bond acceptors (Lipinski definition) is 0. The van der Waals surface area contributed by atoms with E-state index in [9.17, 15) is 4.39 Å². The van der Waals surface area contributed by atoms with Gasteiger partial charge in [0.05, 0.1) is 6.67 Å². The van der Waals surface area contributed by atoms with Gasteiger partial charge in [-0.2, -0.15) is 0 Å². The van der Waals surface area contributed by atoms with Gasteiger partial charge in [0, 0.05) is 0 Å². The standard InChI is InChI=1S/C16H33F.Li.H/c1-2-3-4-5-6-7-8-9-10-11-12-13-14-15-16-17;;/h2-16H2,1H3;;/q;+1;-1. The third-order valence-electron chi connectivity index (χ3n) is 3.49. The Hall–Kier alpha value is 0.527. The van der Waals surface area contributed by atoms with Crippen LogP contribution < -0.4 is 18.9 Å². The Labute approximate surface area is 128 Å². The number of halogens is 1. The molecule has 2 heteroatoms. The Morgan fingerprint density at radius 1 is 0.556 bits per heavy atom. The van der Waals surface area contributed by atoms with E-state index in [2.05, 4.69) is 6.92 Å². The molecule has 106 valence electrons. The van der Waals surface area contributed by atoms with Gasteiger partial charge in [-0.15, -0.1) is 0 Å². The predicted octanol–water partition coefficient (Wildman–Crippen LogP) is 3.55. The van der Waals surface area contributed by atoms with Gasteiger partial charge in [-0.25, -0.2) is 0 Å². The van der Waals surface area contributed by atoms with Crippen molar-refractivity contribution in [2.75, 3.05) is 6.67 Å². The molecule has 0 saturated carbocycles. The molecular formula is C16H34FLi. The van der Waals surface area contributed by atoms with Crippen molar-refractivity contribution in [3.63, 3.8) is 0 Å². The Kier molecular flexibility index (Phi) is 23.0. The van der Waals surface area contributed by atoms with E-state index in [-0.39, 0.29) is 27.0 Å². The van der Waals surface area contributed by atoms with E-state index in [1.807, 2.05) is 0 Å². The first kappa shape index (κ1) is 20.8. The van der Waals surface area contributed by atoms with Crippen LogP contribution in [0.4, 0.5) is 4.39 Å². The van der Waals surface area contributed by atoms with Gasteiger partial charge < -0.3 is 1.43 Å². The molecule has 0 heterocycles. The van der Waals surface area contributed by atoms with Gasteiger partial charge in [-0.3, -0.25) is 4.39 Å². The van der Waals surface area contributed by atoms with Crippen LogP contribution in [0.2, 0.25) is 0 Å². The maximum absolute atomic E-state index is 11.8. The van der Waals surface area contributed by atoms with Crippen molar-refractivity contribution >= 4 is 0 Å². The monoisotopic (exact) mass is 252 g/mol. The van der Waals surface area contributed by atoms with E-state index in [0.717, 1.165) is 12.8 Å². The molecule has 0 N–H and O–H groups in total. The summed E-state index contributed by atoms with van der Waals surface area (Å²) >= 11 is 0. The molecule has 0 radical (unpaired) electrons. The van der Waals surface area contributed by atoms with E-state index >= 15 is 0 Å². The molecule has 0 rings (SSSR count). The molecule has 0 unspecified atom stereocenters. The maximum Gasteiger partial charge on any atom is 1.00 e. The molecule has 0 saturated heterocycles. The minimum Gasteiger partial charge on any atom is -1.00 e. The number of alkyl halides is 1. The van der Waals surface area contributed by atoms with Crippen molar-refractivity contribution in [3.8, 4) is 0 Å². The quantitative estimate of drug-likeness (QED) is 0.327. The molecule has 0 aromatic rings. The van der Waals surface area contributed by atoms with E-state index < -0.39 is 0 Å². The summed E-state index contributed by atoms with van der Waals surface area (Å²) in [5.74, 6) is 0. The second kappa shape index (κ2) is 19.9. The SMILES string of the molecule is CCCCCCCCCCCCCCCCF.[H-].[Li+]. The Morgan fingerprint density at radius 2 is 0.833 bits per heavy atom. The van der Waals surface area contributed by atoms with Crippen molar-refractivity contribution in [2.45, 2.75) is 96.8 Å². The van der Waals surface area contributed by atoms with Gasteiger partial charge in [-0.1, -0.05) is 90.4 Å². The van der Waals surface area contributed by atoms with Crippen LogP contribution in [0.15, 0.2) is 0 Å². The second-order valence-electron chi connectivity index (χ2n) is 5.29. The number of unbranched alkanes of at least 4 members (excludes halogenated alkanes) is 13. The van der Waals surface area contributed by atoms with Gasteiger partial charge in [0.1, 0.15) is 0 Å². The molecule has 0 nitrogen and oxygen atoms in total. The van der Waals surface area contributed by atoms with Crippen LogP contribution >= 0.6 is 0 Å². The third-order valence-corrected chi connectivity index (χ3v) is 3.49. The molecule has 0 bridgehead atoms. The Bertz CT molecular complexity index is 120.